The fourth-order valence-corrected chi connectivity index (χ4v) is 3.57. The number of imidazole rings is 1. The monoisotopic (exact) mass is 305 g/mol. The minimum absolute atomic E-state index is 0.140. The van der Waals surface area contributed by atoms with Gasteiger partial charge in [-0.25, -0.2) is 4.98 Å². The van der Waals surface area contributed by atoms with Gasteiger partial charge in [0.05, 0.1) is 11.4 Å². The summed E-state index contributed by atoms with van der Waals surface area (Å²) in [5.41, 5.74) is 1.34. The molecule has 104 valence electrons. The van der Waals surface area contributed by atoms with Crippen molar-refractivity contribution in [1.82, 2.24) is 9.55 Å². The van der Waals surface area contributed by atoms with Gasteiger partial charge < -0.3 is 9.88 Å². The van der Waals surface area contributed by atoms with Gasteiger partial charge in [-0.15, -0.1) is 11.8 Å². The molecule has 20 heavy (non-hydrogen) atoms. The van der Waals surface area contributed by atoms with Gasteiger partial charge in [-0.2, -0.15) is 11.8 Å². The van der Waals surface area contributed by atoms with Gasteiger partial charge in [0, 0.05) is 23.4 Å². The number of nitrogens with one attached hydrogen (secondary N) is 1. The average Bonchev–Trinajstić information content (AvgIpc) is 2.92. The molecule has 0 unspecified atom stereocenters. The third-order valence-corrected chi connectivity index (χ3v) is 4.88. The molecule has 1 aliphatic rings. The Morgan fingerprint density at radius 2 is 2.30 bits per heavy atom. The van der Waals surface area contributed by atoms with Crippen LogP contribution in [0.3, 0.4) is 0 Å². The summed E-state index contributed by atoms with van der Waals surface area (Å²) in [6, 6.07) is 7.79. The molecule has 0 fully saturated rings. The number of hydrogen-bond acceptors (Lipinski definition) is 4. The summed E-state index contributed by atoms with van der Waals surface area (Å²) < 4.78 is 2.08. The predicted molar refractivity (Wildman–Crippen MR) is 84.6 cm³/mol. The second-order valence-electron chi connectivity index (χ2n) is 4.44. The van der Waals surface area contributed by atoms with Crippen LogP contribution in [-0.4, -0.2) is 27.5 Å². The highest BCUT2D eigenvalue weighted by atomic mass is 32.2. The van der Waals surface area contributed by atoms with Crippen molar-refractivity contribution in [2.45, 2.75) is 17.2 Å². The molecule has 0 saturated carbocycles. The summed E-state index contributed by atoms with van der Waals surface area (Å²) in [6.45, 7) is 0.932. The van der Waals surface area contributed by atoms with E-state index >= 15 is 0 Å². The summed E-state index contributed by atoms with van der Waals surface area (Å²) in [6.07, 6.45) is 3.85. The largest absolute Gasteiger partial charge is 0.333 e. The Labute approximate surface area is 126 Å². The normalized spacial score (nSPS) is 13.8. The number of carbonyl (C=O) groups is 1. The average molecular weight is 305 g/mol. The van der Waals surface area contributed by atoms with Crippen LogP contribution in [0.1, 0.15) is 16.3 Å². The highest BCUT2D eigenvalue weighted by molar-refractivity contribution is 7.98. The zero-order valence-electron chi connectivity index (χ0n) is 11.1. The molecule has 2 aromatic rings. The van der Waals surface area contributed by atoms with E-state index in [4.69, 9.17) is 0 Å². The molecule has 1 aromatic carbocycles. The van der Waals surface area contributed by atoms with Crippen LogP contribution in [0, 0.1) is 0 Å². The molecule has 0 aliphatic carbocycles. The smallest absolute Gasteiger partial charge is 0.275 e. The van der Waals surface area contributed by atoms with Gasteiger partial charge in [0.15, 0.2) is 0 Å². The van der Waals surface area contributed by atoms with Crippen LogP contribution in [0.2, 0.25) is 0 Å². The number of rotatable bonds is 3. The lowest BCUT2D eigenvalue weighted by molar-refractivity contribution is 0.102. The van der Waals surface area contributed by atoms with Crippen molar-refractivity contribution in [3.63, 3.8) is 0 Å². The molecule has 0 spiro atoms. The fraction of sp³-hybridized carbons (Fsp3) is 0.286. The Hall–Kier alpha value is -1.40. The topological polar surface area (TPSA) is 46.9 Å². The van der Waals surface area contributed by atoms with Crippen LogP contribution in [0.25, 0.3) is 0 Å². The lowest BCUT2D eigenvalue weighted by atomic mass is 10.3. The molecule has 3 rings (SSSR count). The third kappa shape index (κ3) is 2.71. The van der Waals surface area contributed by atoms with Gasteiger partial charge >= 0.3 is 0 Å². The molecule has 6 heteroatoms. The van der Waals surface area contributed by atoms with Gasteiger partial charge in [-0.05, 0) is 18.4 Å². The Balaban J connectivity index is 1.81. The number of fused-ring (bicyclic) bond motifs is 1. The number of aromatic nitrogens is 2. The van der Waals surface area contributed by atoms with E-state index in [-0.39, 0.29) is 5.91 Å². The lowest BCUT2D eigenvalue weighted by Gasteiger charge is -2.11. The van der Waals surface area contributed by atoms with Crippen LogP contribution in [0.15, 0.2) is 35.4 Å². The zero-order chi connectivity index (χ0) is 13.9. The van der Waals surface area contributed by atoms with Crippen molar-refractivity contribution < 1.29 is 4.79 Å². The van der Waals surface area contributed by atoms with Crippen LogP contribution < -0.4 is 5.32 Å². The number of para-hydroxylation sites is 1. The number of anilines is 1. The second kappa shape index (κ2) is 5.93. The zero-order valence-corrected chi connectivity index (χ0v) is 12.8. The maximum absolute atomic E-state index is 12.3. The molecule has 1 aromatic heterocycles. The molecule has 4 nitrogen and oxygen atoms in total. The van der Waals surface area contributed by atoms with Crippen molar-refractivity contribution in [3.8, 4) is 0 Å². The summed E-state index contributed by atoms with van der Waals surface area (Å²) in [7, 11) is 0. The van der Waals surface area contributed by atoms with Crippen LogP contribution in [-0.2, 0) is 12.3 Å². The first kappa shape index (κ1) is 13.6. The Bertz CT molecular complexity index is 616. The van der Waals surface area contributed by atoms with Crippen molar-refractivity contribution in [2.75, 3.05) is 17.3 Å². The molecule has 0 saturated heterocycles. The van der Waals surface area contributed by atoms with E-state index in [9.17, 15) is 4.79 Å². The van der Waals surface area contributed by atoms with Gasteiger partial charge in [0.25, 0.3) is 5.91 Å². The fourth-order valence-electron chi connectivity index (χ4n) is 2.13. The van der Waals surface area contributed by atoms with E-state index in [1.807, 2.05) is 48.5 Å². The molecule has 1 aliphatic heterocycles. The highest BCUT2D eigenvalue weighted by Gasteiger charge is 2.17. The molecule has 0 radical (unpaired) electrons. The van der Waals surface area contributed by atoms with Crippen molar-refractivity contribution >= 4 is 35.1 Å². The van der Waals surface area contributed by atoms with E-state index in [2.05, 4.69) is 14.9 Å². The van der Waals surface area contributed by atoms with Crippen LogP contribution >= 0.6 is 23.5 Å². The number of amides is 1. The Kier molecular flexibility index (Phi) is 4.03. The Morgan fingerprint density at radius 3 is 3.10 bits per heavy atom. The lowest BCUT2D eigenvalue weighted by Crippen LogP contribution is -2.13. The maximum atomic E-state index is 12.3. The third-order valence-electron chi connectivity index (χ3n) is 3.15. The summed E-state index contributed by atoms with van der Waals surface area (Å²) in [4.78, 5) is 17.8. The van der Waals surface area contributed by atoms with Gasteiger partial charge in [-0.1, -0.05) is 12.1 Å². The van der Waals surface area contributed by atoms with Crippen LogP contribution in [0.4, 0.5) is 5.69 Å². The van der Waals surface area contributed by atoms with Crippen LogP contribution in [0.5, 0.6) is 0 Å². The number of aryl methyl sites for hydroxylation is 1. The SMILES string of the molecule is CSc1ccccc1NC(=O)c1cn2c(n1)CSCC2. The molecule has 1 amide bonds. The molecular formula is C14H15N3OS2. The second-order valence-corrected chi connectivity index (χ2v) is 6.40. The van der Waals surface area contributed by atoms with E-state index in [0.717, 1.165) is 34.5 Å². The molecule has 0 atom stereocenters. The van der Waals surface area contributed by atoms with Crippen molar-refractivity contribution in [1.29, 1.82) is 0 Å². The standard InChI is InChI=1S/C14H15N3OS2/c1-19-12-5-3-2-4-10(12)16-14(18)11-8-17-6-7-20-9-13(17)15-11/h2-5,8H,6-7,9H2,1H3,(H,16,18). The molecular weight excluding hydrogens is 290 g/mol. The molecule has 0 bridgehead atoms. The summed E-state index contributed by atoms with van der Waals surface area (Å²) in [5, 5.41) is 2.94. The number of benzene rings is 1. The number of carbonyl (C=O) groups excluding carboxylic acids is 1. The van der Waals surface area contributed by atoms with Crippen molar-refractivity contribution in [2.24, 2.45) is 0 Å². The van der Waals surface area contributed by atoms with E-state index in [1.54, 1.807) is 11.8 Å². The highest BCUT2D eigenvalue weighted by Crippen LogP contribution is 2.25. The number of nitrogens with zero attached hydrogens (tertiary/aromatic N) is 2. The number of hydrogen-bond donors (Lipinski definition) is 1. The van der Waals surface area contributed by atoms with E-state index in [0.29, 0.717) is 5.69 Å². The molecule has 2 heterocycles. The van der Waals surface area contributed by atoms with Crippen molar-refractivity contribution in [3.05, 3.63) is 42.0 Å². The minimum Gasteiger partial charge on any atom is -0.333 e. The first-order valence-electron chi connectivity index (χ1n) is 6.36. The van der Waals surface area contributed by atoms with Gasteiger partial charge in [0.1, 0.15) is 11.5 Å². The molecule has 1 N–H and O–H groups in total. The van der Waals surface area contributed by atoms with E-state index in [1.165, 1.54) is 0 Å². The Morgan fingerprint density at radius 1 is 1.45 bits per heavy atom. The van der Waals surface area contributed by atoms with Gasteiger partial charge in [0.2, 0.25) is 0 Å². The first-order chi connectivity index (χ1) is 9.78. The summed E-state index contributed by atoms with van der Waals surface area (Å²) >= 11 is 3.47. The first-order valence-corrected chi connectivity index (χ1v) is 8.74. The predicted octanol–water partition coefficient (Wildman–Crippen LogP) is 3.10. The quantitative estimate of drug-likeness (QED) is 0.885. The minimum atomic E-state index is -0.140. The summed E-state index contributed by atoms with van der Waals surface area (Å²) in [5.74, 6) is 2.82. The maximum Gasteiger partial charge on any atom is 0.275 e. The number of thioether (sulfide) groups is 2. The van der Waals surface area contributed by atoms with Gasteiger partial charge in [-0.3, -0.25) is 4.79 Å². The van der Waals surface area contributed by atoms with E-state index < -0.39 is 0 Å².